The standard InChI is InChI=1S/C16H28N2O2/c1-4-12(3)15-16(20)18(8-7-14(19)17-15)10-13-6-5-11(2)9-13/h11-13,15H,4-10H2,1-3H3,(H,17,19). The molecule has 2 fully saturated rings. The van der Waals surface area contributed by atoms with Gasteiger partial charge in [-0.1, -0.05) is 33.6 Å². The molecule has 0 bridgehead atoms. The summed E-state index contributed by atoms with van der Waals surface area (Å²) >= 11 is 0. The molecule has 1 aliphatic carbocycles. The molecule has 0 aromatic rings. The van der Waals surface area contributed by atoms with Crippen LogP contribution in [0.15, 0.2) is 0 Å². The van der Waals surface area contributed by atoms with Gasteiger partial charge in [-0.3, -0.25) is 9.59 Å². The van der Waals surface area contributed by atoms with Gasteiger partial charge in [0.2, 0.25) is 11.8 Å². The quantitative estimate of drug-likeness (QED) is 0.858. The van der Waals surface area contributed by atoms with Crippen LogP contribution in [0.25, 0.3) is 0 Å². The van der Waals surface area contributed by atoms with Crippen molar-refractivity contribution in [3.05, 3.63) is 0 Å². The Morgan fingerprint density at radius 2 is 2.10 bits per heavy atom. The maximum Gasteiger partial charge on any atom is 0.245 e. The molecule has 1 aliphatic heterocycles. The van der Waals surface area contributed by atoms with Gasteiger partial charge in [0.15, 0.2) is 0 Å². The van der Waals surface area contributed by atoms with Crippen molar-refractivity contribution in [1.29, 1.82) is 0 Å². The van der Waals surface area contributed by atoms with Crippen LogP contribution in [0.4, 0.5) is 0 Å². The van der Waals surface area contributed by atoms with Gasteiger partial charge in [-0.25, -0.2) is 0 Å². The van der Waals surface area contributed by atoms with E-state index in [1.54, 1.807) is 0 Å². The average Bonchev–Trinajstić information content (AvgIpc) is 2.78. The fourth-order valence-corrected chi connectivity index (χ4v) is 3.46. The third-order valence-corrected chi connectivity index (χ3v) is 5.00. The van der Waals surface area contributed by atoms with E-state index in [1.807, 2.05) is 11.8 Å². The number of hydrogen-bond donors (Lipinski definition) is 1. The minimum atomic E-state index is -0.325. The molecule has 2 amide bonds. The lowest BCUT2D eigenvalue weighted by Crippen LogP contribution is -2.49. The van der Waals surface area contributed by atoms with Crippen LogP contribution >= 0.6 is 0 Å². The first kappa shape index (κ1) is 15.3. The molecule has 0 radical (unpaired) electrons. The summed E-state index contributed by atoms with van der Waals surface area (Å²) < 4.78 is 0. The minimum Gasteiger partial charge on any atom is -0.344 e. The van der Waals surface area contributed by atoms with Crippen molar-refractivity contribution in [3.8, 4) is 0 Å². The molecule has 20 heavy (non-hydrogen) atoms. The first-order valence-corrected chi connectivity index (χ1v) is 8.09. The Kier molecular flexibility index (Phi) is 5.06. The van der Waals surface area contributed by atoms with Crippen molar-refractivity contribution in [2.24, 2.45) is 17.8 Å². The van der Waals surface area contributed by atoms with Crippen LogP contribution in [0.3, 0.4) is 0 Å². The van der Waals surface area contributed by atoms with Crippen molar-refractivity contribution < 1.29 is 9.59 Å². The second-order valence-electron chi connectivity index (χ2n) is 6.75. The molecule has 0 aromatic carbocycles. The van der Waals surface area contributed by atoms with Crippen molar-refractivity contribution in [1.82, 2.24) is 10.2 Å². The van der Waals surface area contributed by atoms with Crippen LogP contribution in [-0.2, 0) is 9.59 Å². The molecule has 1 heterocycles. The Hall–Kier alpha value is -1.06. The predicted molar refractivity (Wildman–Crippen MR) is 79.1 cm³/mol. The molecule has 0 spiro atoms. The minimum absolute atomic E-state index is 0.0194. The molecule has 2 rings (SSSR count). The topological polar surface area (TPSA) is 49.4 Å². The zero-order valence-corrected chi connectivity index (χ0v) is 13.0. The van der Waals surface area contributed by atoms with Crippen LogP contribution in [0.2, 0.25) is 0 Å². The molecule has 1 saturated heterocycles. The van der Waals surface area contributed by atoms with Crippen LogP contribution in [0, 0.1) is 17.8 Å². The van der Waals surface area contributed by atoms with Crippen molar-refractivity contribution in [3.63, 3.8) is 0 Å². The lowest BCUT2D eigenvalue weighted by atomic mass is 9.97. The van der Waals surface area contributed by atoms with Crippen LogP contribution < -0.4 is 5.32 Å². The number of hydrogen-bond acceptors (Lipinski definition) is 2. The van der Waals surface area contributed by atoms with E-state index in [0.717, 1.165) is 18.9 Å². The fourth-order valence-electron chi connectivity index (χ4n) is 3.46. The molecular weight excluding hydrogens is 252 g/mol. The molecule has 4 unspecified atom stereocenters. The average molecular weight is 280 g/mol. The monoisotopic (exact) mass is 280 g/mol. The van der Waals surface area contributed by atoms with Crippen molar-refractivity contribution in [2.45, 2.75) is 58.9 Å². The third-order valence-electron chi connectivity index (χ3n) is 5.00. The Morgan fingerprint density at radius 1 is 1.35 bits per heavy atom. The van der Waals surface area contributed by atoms with E-state index in [4.69, 9.17) is 0 Å². The number of nitrogens with one attached hydrogen (secondary N) is 1. The molecule has 2 aliphatic rings. The molecule has 1 N–H and O–H groups in total. The van der Waals surface area contributed by atoms with E-state index in [1.165, 1.54) is 19.3 Å². The highest BCUT2D eigenvalue weighted by atomic mass is 16.2. The SMILES string of the molecule is CCC(C)C1NC(=O)CCN(CC2CCC(C)C2)C1=O. The molecule has 0 aromatic heterocycles. The maximum absolute atomic E-state index is 12.7. The van der Waals surface area contributed by atoms with Gasteiger partial charge in [0.05, 0.1) is 0 Å². The molecular formula is C16H28N2O2. The highest BCUT2D eigenvalue weighted by Gasteiger charge is 2.34. The summed E-state index contributed by atoms with van der Waals surface area (Å²) in [5.41, 5.74) is 0. The molecule has 4 atom stereocenters. The fraction of sp³-hybridized carbons (Fsp3) is 0.875. The van der Waals surface area contributed by atoms with Gasteiger partial charge >= 0.3 is 0 Å². The van der Waals surface area contributed by atoms with Gasteiger partial charge < -0.3 is 10.2 Å². The van der Waals surface area contributed by atoms with Gasteiger partial charge in [-0.2, -0.15) is 0 Å². The van der Waals surface area contributed by atoms with E-state index in [0.29, 0.717) is 18.9 Å². The number of rotatable bonds is 4. The van der Waals surface area contributed by atoms with E-state index in [-0.39, 0.29) is 23.8 Å². The van der Waals surface area contributed by atoms with Crippen LogP contribution in [0.1, 0.15) is 52.9 Å². The molecule has 4 heteroatoms. The van der Waals surface area contributed by atoms with Gasteiger partial charge in [0.1, 0.15) is 6.04 Å². The summed E-state index contributed by atoms with van der Waals surface area (Å²) in [7, 11) is 0. The smallest absolute Gasteiger partial charge is 0.245 e. The van der Waals surface area contributed by atoms with E-state index >= 15 is 0 Å². The number of amides is 2. The summed E-state index contributed by atoms with van der Waals surface area (Å²) in [5.74, 6) is 1.76. The first-order valence-electron chi connectivity index (χ1n) is 8.09. The largest absolute Gasteiger partial charge is 0.344 e. The highest BCUT2D eigenvalue weighted by molar-refractivity contribution is 5.90. The summed E-state index contributed by atoms with van der Waals surface area (Å²) in [6, 6.07) is -0.325. The lowest BCUT2D eigenvalue weighted by Gasteiger charge is -2.29. The second kappa shape index (κ2) is 6.59. The number of carbonyl (C=O) groups is 2. The highest BCUT2D eigenvalue weighted by Crippen LogP contribution is 2.31. The summed E-state index contributed by atoms with van der Waals surface area (Å²) in [6.07, 6.45) is 5.07. The van der Waals surface area contributed by atoms with E-state index in [2.05, 4.69) is 19.2 Å². The van der Waals surface area contributed by atoms with Crippen LogP contribution in [0.5, 0.6) is 0 Å². The van der Waals surface area contributed by atoms with Gasteiger partial charge in [-0.05, 0) is 30.6 Å². The Balaban J connectivity index is 2.03. The van der Waals surface area contributed by atoms with Gasteiger partial charge in [0.25, 0.3) is 0 Å². The normalized spacial score (nSPS) is 33.0. The maximum atomic E-state index is 12.7. The van der Waals surface area contributed by atoms with Gasteiger partial charge in [0, 0.05) is 19.5 Å². The first-order chi connectivity index (χ1) is 9.51. The van der Waals surface area contributed by atoms with E-state index in [9.17, 15) is 9.59 Å². The summed E-state index contributed by atoms with van der Waals surface area (Å²) in [6.45, 7) is 7.83. The summed E-state index contributed by atoms with van der Waals surface area (Å²) in [5, 5.41) is 2.91. The number of nitrogens with zero attached hydrogens (tertiary/aromatic N) is 1. The zero-order chi connectivity index (χ0) is 14.7. The Morgan fingerprint density at radius 3 is 2.70 bits per heavy atom. The molecule has 4 nitrogen and oxygen atoms in total. The van der Waals surface area contributed by atoms with Gasteiger partial charge in [-0.15, -0.1) is 0 Å². The van der Waals surface area contributed by atoms with Crippen molar-refractivity contribution in [2.75, 3.05) is 13.1 Å². The Labute approximate surface area is 122 Å². The zero-order valence-electron chi connectivity index (χ0n) is 13.0. The predicted octanol–water partition coefficient (Wildman–Crippen LogP) is 2.19. The third kappa shape index (κ3) is 3.53. The number of carbonyl (C=O) groups excluding carboxylic acids is 2. The lowest BCUT2D eigenvalue weighted by molar-refractivity contribution is -0.135. The van der Waals surface area contributed by atoms with E-state index < -0.39 is 0 Å². The second-order valence-corrected chi connectivity index (χ2v) is 6.75. The van der Waals surface area contributed by atoms with Crippen LogP contribution in [-0.4, -0.2) is 35.8 Å². The molecule has 1 saturated carbocycles. The van der Waals surface area contributed by atoms with Crippen molar-refractivity contribution >= 4 is 11.8 Å². The summed E-state index contributed by atoms with van der Waals surface area (Å²) in [4.78, 5) is 26.4. The Bertz CT molecular complexity index is 369. The molecule has 114 valence electrons.